The Balaban J connectivity index is 0.836. The summed E-state index contributed by atoms with van der Waals surface area (Å²) >= 11 is 0. The number of furan rings is 1. The molecule has 2 aromatic heterocycles. The van der Waals surface area contributed by atoms with Gasteiger partial charge in [0.2, 0.25) is 0 Å². The van der Waals surface area contributed by atoms with E-state index in [0.29, 0.717) is 0 Å². The van der Waals surface area contributed by atoms with Gasteiger partial charge in [0.15, 0.2) is 0 Å². The number of aromatic nitrogens is 1. The second-order valence-electron chi connectivity index (χ2n) is 18.6. The van der Waals surface area contributed by atoms with Crippen molar-refractivity contribution in [1.82, 2.24) is 4.57 Å². The van der Waals surface area contributed by atoms with E-state index in [0.717, 1.165) is 57.2 Å². The van der Waals surface area contributed by atoms with Crippen LogP contribution in [0, 0.1) is 0 Å². The number of benzene rings is 9. The molecule has 0 atom stereocenters. The van der Waals surface area contributed by atoms with E-state index in [1.807, 2.05) is 6.07 Å². The highest BCUT2D eigenvalue weighted by Crippen LogP contribution is 2.42. The summed E-state index contributed by atoms with van der Waals surface area (Å²) in [5.41, 5.74) is 23.0. The third-order valence-electron chi connectivity index (χ3n) is 14.4. The van der Waals surface area contributed by atoms with Crippen LogP contribution in [0.25, 0.3) is 111 Å². The van der Waals surface area contributed by atoms with Crippen LogP contribution in [0.1, 0.15) is 55.2 Å². The molecule has 9 aromatic carbocycles. The first-order valence-corrected chi connectivity index (χ1v) is 24.3. The van der Waals surface area contributed by atoms with E-state index in [2.05, 4.69) is 223 Å². The van der Waals surface area contributed by atoms with Crippen molar-refractivity contribution in [2.45, 2.75) is 38.5 Å². The predicted octanol–water partition coefficient (Wildman–Crippen LogP) is 18.6. The molecule has 0 N–H and O–H groups in total. The van der Waals surface area contributed by atoms with Gasteiger partial charge in [-0.15, -0.1) is 0 Å². The number of fused-ring (bicyclic) bond motifs is 6. The fourth-order valence-electron chi connectivity index (χ4n) is 11.0. The Labute approximate surface area is 397 Å². The minimum Gasteiger partial charge on any atom is -0.455 e. The van der Waals surface area contributed by atoms with Crippen molar-refractivity contribution in [2.75, 3.05) is 0 Å². The fraction of sp³-hybridized carbons (Fsp3) is 0.0909. The summed E-state index contributed by atoms with van der Waals surface area (Å²) in [6, 6.07) is 75.7. The van der Waals surface area contributed by atoms with E-state index in [4.69, 9.17) is 4.42 Å². The molecule has 0 aliphatic heterocycles. The predicted molar refractivity (Wildman–Crippen MR) is 288 cm³/mol. The molecule has 2 heterocycles. The topological polar surface area (TPSA) is 18.1 Å². The van der Waals surface area contributed by atoms with Gasteiger partial charge in [0, 0.05) is 32.8 Å². The summed E-state index contributed by atoms with van der Waals surface area (Å²) in [5, 5.41) is 4.81. The van der Waals surface area contributed by atoms with Gasteiger partial charge in [0.25, 0.3) is 0 Å². The number of hydrogen-bond acceptors (Lipinski definition) is 1. The maximum Gasteiger partial charge on any atom is 0.143 e. The Morgan fingerprint density at radius 2 is 0.971 bits per heavy atom. The van der Waals surface area contributed by atoms with Crippen LogP contribution in [0.5, 0.6) is 0 Å². The second-order valence-corrected chi connectivity index (χ2v) is 18.6. The molecule has 13 rings (SSSR count). The smallest absolute Gasteiger partial charge is 0.143 e. The molecule has 2 heteroatoms. The zero-order chi connectivity index (χ0) is 45.0. The number of para-hydroxylation sites is 2. The maximum atomic E-state index is 6.51. The monoisotopic (exact) mass is 871 g/mol. The maximum absolute atomic E-state index is 6.51. The minimum atomic E-state index is 0.906. The highest BCUT2D eigenvalue weighted by atomic mass is 16.3. The molecule has 0 amide bonds. The molecule has 0 saturated carbocycles. The second kappa shape index (κ2) is 16.9. The number of hydrogen-bond donors (Lipinski definition) is 0. The third kappa shape index (κ3) is 7.21. The van der Waals surface area contributed by atoms with Crippen molar-refractivity contribution in [2.24, 2.45) is 0 Å². The Kier molecular flexibility index (Phi) is 9.97. The number of allylic oxidation sites excluding steroid dienone is 6. The molecule has 0 radical (unpaired) electrons. The van der Waals surface area contributed by atoms with Crippen LogP contribution in [0.15, 0.2) is 229 Å². The van der Waals surface area contributed by atoms with Crippen molar-refractivity contribution in [3.05, 3.63) is 241 Å². The molecule has 0 bridgehead atoms. The third-order valence-corrected chi connectivity index (χ3v) is 14.4. The van der Waals surface area contributed by atoms with Crippen molar-refractivity contribution in [3.63, 3.8) is 0 Å². The van der Waals surface area contributed by atoms with Gasteiger partial charge in [-0.05, 0) is 178 Å². The highest BCUT2D eigenvalue weighted by Gasteiger charge is 2.19. The molecule has 11 aromatic rings. The summed E-state index contributed by atoms with van der Waals surface area (Å²) in [6.45, 7) is 0. The molecule has 324 valence electrons. The normalized spacial score (nSPS) is 14.1. The van der Waals surface area contributed by atoms with Crippen molar-refractivity contribution in [3.8, 4) is 50.2 Å². The van der Waals surface area contributed by atoms with Crippen LogP contribution in [0.2, 0.25) is 0 Å². The van der Waals surface area contributed by atoms with Crippen LogP contribution < -0.4 is 0 Å². The van der Waals surface area contributed by atoms with Gasteiger partial charge >= 0.3 is 0 Å². The molecule has 0 saturated heterocycles. The first kappa shape index (κ1) is 40.1. The SMILES string of the molecule is C1=C(c2cccc(C3=CCCCC3)c2)C=C(c2ccc3c(c2)c2ccccc2n3-c2cccc(-c3cccc(-c4cccc(-c5cc(-c6ccccc6)c6oc7ccccc7c6c5)c4)c3)c2)CC1. The molecule has 2 aliphatic rings. The lowest BCUT2D eigenvalue weighted by molar-refractivity contribution is 0.670. The Hall–Kier alpha value is -8.20. The summed E-state index contributed by atoms with van der Waals surface area (Å²) in [7, 11) is 0. The van der Waals surface area contributed by atoms with Gasteiger partial charge in [-0.3, -0.25) is 0 Å². The summed E-state index contributed by atoms with van der Waals surface area (Å²) in [6.07, 6.45) is 14.4. The zero-order valence-corrected chi connectivity index (χ0v) is 38.0. The molecule has 2 nitrogen and oxygen atoms in total. The standard InChI is InChI=1S/C66H49NO/c1-3-16-44(17-4-1)46-20-11-21-47(36-46)49-23-13-26-52(38-49)55-34-35-64-61(41-55)58-30-7-9-32-63(58)67(64)57-29-15-28-54(40-57)51-25-12-22-48(37-51)50-24-14-27-53(39-50)56-42-60(45-18-5-2-6-19-45)66-62(43-56)59-31-8-10-33-65(59)68-66/h2,5-12,14-16,18-25,27-43H,1,3-4,13,17,26H2. The number of nitrogens with zero attached hydrogens (tertiary/aromatic N) is 1. The van der Waals surface area contributed by atoms with E-state index < -0.39 is 0 Å². The van der Waals surface area contributed by atoms with Gasteiger partial charge < -0.3 is 8.98 Å². The molecule has 0 fully saturated rings. The quantitative estimate of drug-likeness (QED) is 0.149. The highest BCUT2D eigenvalue weighted by molar-refractivity contribution is 6.12. The molecule has 0 unspecified atom stereocenters. The first-order valence-electron chi connectivity index (χ1n) is 24.3. The summed E-state index contributed by atoms with van der Waals surface area (Å²) in [5.74, 6) is 0. The average Bonchev–Trinajstić information content (AvgIpc) is 3.97. The number of rotatable bonds is 8. The van der Waals surface area contributed by atoms with Gasteiger partial charge in [-0.25, -0.2) is 0 Å². The van der Waals surface area contributed by atoms with Crippen LogP contribution in [0.3, 0.4) is 0 Å². The van der Waals surface area contributed by atoms with Crippen molar-refractivity contribution >= 4 is 60.5 Å². The largest absolute Gasteiger partial charge is 0.455 e. The van der Waals surface area contributed by atoms with Crippen LogP contribution >= 0.6 is 0 Å². The lowest BCUT2D eigenvalue weighted by Gasteiger charge is -2.17. The lowest BCUT2D eigenvalue weighted by Crippen LogP contribution is -1.96. The van der Waals surface area contributed by atoms with E-state index in [1.165, 1.54) is 109 Å². The average molecular weight is 872 g/mol. The van der Waals surface area contributed by atoms with E-state index in [9.17, 15) is 0 Å². The van der Waals surface area contributed by atoms with E-state index in [1.54, 1.807) is 0 Å². The molecular weight excluding hydrogens is 823 g/mol. The molecule has 68 heavy (non-hydrogen) atoms. The minimum absolute atomic E-state index is 0.906. The Bertz CT molecular complexity index is 3850. The Morgan fingerprint density at radius 1 is 0.353 bits per heavy atom. The van der Waals surface area contributed by atoms with E-state index in [-0.39, 0.29) is 0 Å². The van der Waals surface area contributed by atoms with Crippen LogP contribution in [-0.2, 0) is 0 Å². The molecular formula is C66H49NO. The van der Waals surface area contributed by atoms with Gasteiger partial charge in [0.05, 0.1) is 11.0 Å². The summed E-state index contributed by atoms with van der Waals surface area (Å²) < 4.78 is 8.95. The summed E-state index contributed by atoms with van der Waals surface area (Å²) in [4.78, 5) is 0. The zero-order valence-electron chi connectivity index (χ0n) is 38.0. The van der Waals surface area contributed by atoms with Gasteiger partial charge in [0.1, 0.15) is 11.2 Å². The van der Waals surface area contributed by atoms with E-state index >= 15 is 0 Å². The Morgan fingerprint density at radius 3 is 1.76 bits per heavy atom. The van der Waals surface area contributed by atoms with Crippen molar-refractivity contribution in [1.29, 1.82) is 0 Å². The van der Waals surface area contributed by atoms with Crippen LogP contribution in [0.4, 0.5) is 0 Å². The first-order chi connectivity index (χ1) is 33.7. The fourth-order valence-corrected chi connectivity index (χ4v) is 11.0. The van der Waals surface area contributed by atoms with Crippen LogP contribution in [-0.4, -0.2) is 4.57 Å². The molecule has 2 aliphatic carbocycles. The van der Waals surface area contributed by atoms with Crippen molar-refractivity contribution < 1.29 is 4.42 Å². The van der Waals surface area contributed by atoms with Gasteiger partial charge in [-0.1, -0.05) is 158 Å². The van der Waals surface area contributed by atoms with Gasteiger partial charge in [-0.2, -0.15) is 0 Å². The lowest BCUT2D eigenvalue weighted by atomic mass is 9.88. The molecule has 0 spiro atoms.